The predicted octanol–water partition coefficient (Wildman–Crippen LogP) is 1.05. The third kappa shape index (κ3) is 1.48. The lowest BCUT2D eigenvalue weighted by Crippen LogP contribution is -2.58. The maximum Gasteiger partial charge on any atom is 0.330 e. The number of fused-ring (bicyclic) bond motifs is 2. The molecule has 3 atom stereocenters. The number of hydrogen-bond acceptors (Lipinski definition) is 3. The highest BCUT2D eigenvalue weighted by Gasteiger charge is 2.48. The van der Waals surface area contributed by atoms with E-state index < -0.39 is 0 Å². The second-order valence-electron chi connectivity index (χ2n) is 5.13. The topological polar surface area (TPSA) is 52.7 Å². The molecule has 2 aliphatic heterocycles. The number of alkyl halides is 1. The zero-order valence-corrected chi connectivity index (χ0v) is 12.0. The molecule has 3 rings (SSSR count). The van der Waals surface area contributed by atoms with Crippen LogP contribution in [0.1, 0.15) is 19.3 Å². The Morgan fingerprint density at radius 2 is 2.00 bits per heavy atom. The normalized spacial score (nSPS) is 36.1. The number of nitrogens with zero attached hydrogens (tertiary/aromatic N) is 2. The summed E-state index contributed by atoms with van der Waals surface area (Å²) in [6.45, 7) is 0. The Balaban J connectivity index is 2.06. The van der Waals surface area contributed by atoms with Gasteiger partial charge in [0.05, 0.1) is 0 Å². The summed E-state index contributed by atoms with van der Waals surface area (Å²) in [5.74, 6) is -0.144. The SMILES string of the molecule is CN1C(=O)C2NC3C(=C2N(C)C1=O)CCCC3Br. The molecule has 98 valence electrons. The van der Waals surface area contributed by atoms with Gasteiger partial charge in [-0.05, 0) is 24.8 Å². The van der Waals surface area contributed by atoms with Gasteiger partial charge in [-0.15, -0.1) is 0 Å². The molecule has 6 heteroatoms. The lowest BCUT2D eigenvalue weighted by Gasteiger charge is -2.35. The fourth-order valence-corrected chi connectivity index (χ4v) is 3.97. The molecule has 1 saturated heterocycles. The van der Waals surface area contributed by atoms with Crippen LogP contribution in [0.15, 0.2) is 11.3 Å². The van der Waals surface area contributed by atoms with Gasteiger partial charge in [-0.1, -0.05) is 15.9 Å². The Hall–Kier alpha value is -0.880. The molecule has 0 aromatic rings. The Bertz CT molecular complexity index is 462. The molecule has 3 aliphatic rings. The van der Waals surface area contributed by atoms with Crippen LogP contribution in [0, 0.1) is 0 Å². The summed E-state index contributed by atoms with van der Waals surface area (Å²) in [6.07, 6.45) is 3.18. The van der Waals surface area contributed by atoms with Gasteiger partial charge in [-0.25, -0.2) is 4.79 Å². The van der Waals surface area contributed by atoms with Gasteiger partial charge < -0.3 is 0 Å². The van der Waals surface area contributed by atoms with Crippen LogP contribution in [-0.2, 0) is 4.79 Å². The molecule has 0 aromatic heterocycles. The van der Waals surface area contributed by atoms with Crippen LogP contribution in [0.2, 0.25) is 0 Å². The molecular weight excluding hydrogens is 298 g/mol. The van der Waals surface area contributed by atoms with Crippen LogP contribution < -0.4 is 5.32 Å². The molecule has 2 fully saturated rings. The molecule has 1 aliphatic carbocycles. The fraction of sp³-hybridized carbons (Fsp3) is 0.667. The number of hydrogen-bond donors (Lipinski definition) is 1. The largest absolute Gasteiger partial charge is 0.330 e. The van der Waals surface area contributed by atoms with Crippen LogP contribution in [0.3, 0.4) is 0 Å². The van der Waals surface area contributed by atoms with Crippen molar-refractivity contribution in [1.29, 1.82) is 0 Å². The summed E-state index contributed by atoms with van der Waals surface area (Å²) in [7, 11) is 3.29. The van der Waals surface area contributed by atoms with Gasteiger partial charge in [0.1, 0.15) is 6.04 Å². The van der Waals surface area contributed by atoms with E-state index in [9.17, 15) is 9.59 Å². The molecule has 3 unspecified atom stereocenters. The summed E-state index contributed by atoms with van der Waals surface area (Å²) in [5, 5.41) is 3.37. The van der Waals surface area contributed by atoms with Gasteiger partial charge in [0.25, 0.3) is 5.91 Å². The van der Waals surface area contributed by atoms with Crippen LogP contribution in [-0.4, -0.2) is 52.7 Å². The van der Waals surface area contributed by atoms with E-state index >= 15 is 0 Å². The van der Waals surface area contributed by atoms with Gasteiger partial charge >= 0.3 is 6.03 Å². The van der Waals surface area contributed by atoms with E-state index in [0.29, 0.717) is 4.83 Å². The lowest BCUT2D eigenvalue weighted by molar-refractivity contribution is -0.130. The predicted molar refractivity (Wildman–Crippen MR) is 70.2 cm³/mol. The van der Waals surface area contributed by atoms with Crippen molar-refractivity contribution in [2.24, 2.45) is 0 Å². The summed E-state index contributed by atoms with van der Waals surface area (Å²) in [6, 6.07) is -0.404. The molecule has 0 spiro atoms. The molecule has 1 saturated carbocycles. The molecule has 0 aromatic carbocycles. The van der Waals surface area contributed by atoms with Gasteiger partial charge in [0, 0.05) is 30.7 Å². The number of carbonyl (C=O) groups is 2. The van der Waals surface area contributed by atoms with E-state index in [1.165, 1.54) is 17.5 Å². The Morgan fingerprint density at radius 3 is 2.72 bits per heavy atom. The van der Waals surface area contributed by atoms with Crippen molar-refractivity contribution in [2.75, 3.05) is 14.1 Å². The summed E-state index contributed by atoms with van der Waals surface area (Å²) in [5.41, 5.74) is 2.11. The molecule has 0 bridgehead atoms. The Morgan fingerprint density at radius 1 is 1.28 bits per heavy atom. The van der Waals surface area contributed by atoms with Crippen LogP contribution >= 0.6 is 15.9 Å². The minimum Gasteiger partial charge on any atom is -0.299 e. The minimum atomic E-state index is -0.351. The average molecular weight is 314 g/mol. The smallest absolute Gasteiger partial charge is 0.299 e. The monoisotopic (exact) mass is 313 g/mol. The number of nitrogens with one attached hydrogen (secondary N) is 1. The second-order valence-corrected chi connectivity index (χ2v) is 6.31. The summed E-state index contributed by atoms with van der Waals surface area (Å²) in [4.78, 5) is 27.3. The van der Waals surface area contributed by atoms with Gasteiger partial charge in [-0.2, -0.15) is 0 Å². The maximum atomic E-state index is 12.2. The Kier molecular flexibility index (Phi) is 2.75. The zero-order valence-electron chi connectivity index (χ0n) is 10.4. The average Bonchev–Trinajstić information content (AvgIpc) is 2.75. The number of urea groups is 1. The van der Waals surface area contributed by atoms with E-state index in [4.69, 9.17) is 0 Å². The second kappa shape index (κ2) is 4.06. The lowest BCUT2D eigenvalue weighted by atomic mass is 9.90. The van der Waals surface area contributed by atoms with Crippen molar-refractivity contribution in [3.05, 3.63) is 11.3 Å². The van der Waals surface area contributed by atoms with Gasteiger partial charge in [-0.3, -0.25) is 19.9 Å². The van der Waals surface area contributed by atoms with Crippen molar-refractivity contribution >= 4 is 27.9 Å². The van der Waals surface area contributed by atoms with Crippen molar-refractivity contribution < 1.29 is 9.59 Å². The standard InChI is InChI=1S/C12H16BrN3O2/c1-15-10-6-4-3-5-7(13)8(6)14-9(10)11(17)16(2)12(15)18/h7-9,14H,3-5H2,1-2H3. The molecule has 2 heterocycles. The molecular formula is C12H16BrN3O2. The van der Waals surface area contributed by atoms with Crippen molar-refractivity contribution in [3.63, 3.8) is 0 Å². The highest BCUT2D eigenvalue weighted by Crippen LogP contribution is 2.39. The molecule has 18 heavy (non-hydrogen) atoms. The first kappa shape index (κ1) is 12.2. The first-order chi connectivity index (χ1) is 8.52. The fourth-order valence-electron chi connectivity index (χ4n) is 3.18. The first-order valence-electron chi connectivity index (χ1n) is 6.20. The van der Waals surface area contributed by atoms with E-state index in [2.05, 4.69) is 21.2 Å². The third-order valence-corrected chi connectivity index (χ3v) is 5.11. The summed E-state index contributed by atoms with van der Waals surface area (Å²) < 4.78 is 0. The van der Waals surface area contributed by atoms with E-state index in [0.717, 1.165) is 25.0 Å². The molecule has 1 N–H and O–H groups in total. The van der Waals surface area contributed by atoms with Crippen LogP contribution in [0.4, 0.5) is 4.79 Å². The summed E-state index contributed by atoms with van der Waals surface area (Å²) >= 11 is 3.67. The number of imide groups is 1. The molecule has 5 nitrogen and oxygen atoms in total. The van der Waals surface area contributed by atoms with E-state index in [1.807, 2.05) is 0 Å². The van der Waals surface area contributed by atoms with Crippen molar-refractivity contribution in [1.82, 2.24) is 15.1 Å². The maximum absolute atomic E-state index is 12.2. The third-order valence-electron chi connectivity index (χ3n) is 4.12. The highest BCUT2D eigenvalue weighted by atomic mass is 79.9. The number of rotatable bonds is 0. The van der Waals surface area contributed by atoms with E-state index in [1.54, 1.807) is 11.9 Å². The van der Waals surface area contributed by atoms with Crippen molar-refractivity contribution in [3.8, 4) is 0 Å². The van der Waals surface area contributed by atoms with E-state index in [-0.39, 0.29) is 24.0 Å². The first-order valence-corrected chi connectivity index (χ1v) is 7.12. The van der Waals surface area contributed by atoms with Crippen LogP contribution in [0.25, 0.3) is 0 Å². The highest BCUT2D eigenvalue weighted by molar-refractivity contribution is 9.09. The Labute approximate surface area is 114 Å². The van der Waals surface area contributed by atoms with Gasteiger partial charge in [0.2, 0.25) is 0 Å². The quantitative estimate of drug-likeness (QED) is 0.680. The van der Waals surface area contributed by atoms with Crippen molar-refractivity contribution in [2.45, 2.75) is 36.2 Å². The van der Waals surface area contributed by atoms with Crippen LogP contribution in [0.5, 0.6) is 0 Å². The molecule has 0 radical (unpaired) electrons. The minimum absolute atomic E-state index is 0.144. The number of carbonyl (C=O) groups excluding carboxylic acids is 2. The van der Waals surface area contributed by atoms with Gasteiger partial charge in [0.15, 0.2) is 0 Å². The zero-order chi connectivity index (χ0) is 13.0. The number of likely N-dealkylation sites (N-methyl/N-ethyl adjacent to an activating group) is 2. The number of halogens is 1. The number of amides is 3. The molecule has 3 amide bonds.